The van der Waals surface area contributed by atoms with Crippen LogP contribution in [0.2, 0.25) is 0 Å². The minimum atomic E-state index is -0.780. The first-order valence-electron chi connectivity index (χ1n) is 11.4. The molecule has 32 heavy (non-hydrogen) atoms. The second-order valence-electron chi connectivity index (χ2n) is 8.85. The molecule has 1 saturated carbocycles. The molecule has 9 heteroatoms. The second-order valence-corrected chi connectivity index (χ2v) is 8.85. The highest BCUT2D eigenvalue weighted by Crippen LogP contribution is 2.29. The highest BCUT2D eigenvalue weighted by atomic mass is 16.5. The van der Waals surface area contributed by atoms with E-state index in [1.54, 1.807) is 36.3 Å². The zero-order valence-electron chi connectivity index (χ0n) is 18.5. The average molecular weight is 448 g/mol. The molecule has 3 amide bonds. The van der Waals surface area contributed by atoms with Gasteiger partial charge in [-0.2, -0.15) is 0 Å². The van der Waals surface area contributed by atoms with Gasteiger partial charge in [-0.25, -0.2) is 4.79 Å². The van der Waals surface area contributed by atoms with E-state index in [9.17, 15) is 14.7 Å². The number of carbonyl (C=O) groups excluding carboxylic acids is 2. The second kappa shape index (κ2) is 10.5. The molecule has 0 aromatic heterocycles. The summed E-state index contributed by atoms with van der Waals surface area (Å²) in [6, 6.07) is 6.89. The SMILES string of the molecule is COc1cccc(NC(=O)N2C[C@@H](O)COC[C@@H]3O[C@H](CC(=O)NC4CCC4)CC[C@H]32)c1. The summed E-state index contributed by atoms with van der Waals surface area (Å²) in [5.74, 6) is 0.666. The number of methoxy groups -OCH3 is 1. The average Bonchev–Trinajstić information content (AvgIpc) is 2.74. The van der Waals surface area contributed by atoms with Crippen LogP contribution >= 0.6 is 0 Å². The first-order valence-corrected chi connectivity index (χ1v) is 11.4. The van der Waals surface area contributed by atoms with Crippen molar-refractivity contribution in [1.29, 1.82) is 0 Å². The highest BCUT2D eigenvalue weighted by Gasteiger charge is 2.40. The zero-order valence-corrected chi connectivity index (χ0v) is 18.5. The largest absolute Gasteiger partial charge is 0.497 e. The van der Waals surface area contributed by atoms with Crippen LogP contribution in [-0.2, 0) is 14.3 Å². The third kappa shape index (κ3) is 5.70. The Hall–Kier alpha value is -2.36. The monoisotopic (exact) mass is 447 g/mol. The molecule has 2 saturated heterocycles. The van der Waals surface area contributed by atoms with Crippen LogP contribution in [0.5, 0.6) is 5.75 Å². The fraction of sp³-hybridized carbons (Fsp3) is 0.652. The number of rotatable bonds is 5. The Labute approximate surface area is 188 Å². The van der Waals surface area contributed by atoms with Gasteiger partial charge in [0.15, 0.2) is 0 Å². The molecule has 3 N–H and O–H groups in total. The lowest BCUT2D eigenvalue weighted by molar-refractivity contribution is -0.150. The zero-order chi connectivity index (χ0) is 22.5. The minimum absolute atomic E-state index is 0.0213. The van der Waals surface area contributed by atoms with Crippen LogP contribution in [0.3, 0.4) is 0 Å². The van der Waals surface area contributed by atoms with Crippen molar-refractivity contribution in [2.45, 2.75) is 68.9 Å². The Morgan fingerprint density at radius 2 is 2.06 bits per heavy atom. The van der Waals surface area contributed by atoms with Crippen LogP contribution < -0.4 is 15.4 Å². The predicted octanol–water partition coefficient (Wildman–Crippen LogP) is 1.90. The lowest BCUT2D eigenvalue weighted by atomic mass is 9.92. The van der Waals surface area contributed by atoms with Gasteiger partial charge in [0.05, 0.1) is 51.5 Å². The van der Waals surface area contributed by atoms with E-state index in [0.717, 1.165) is 12.8 Å². The predicted molar refractivity (Wildman–Crippen MR) is 118 cm³/mol. The third-order valence-corrected chi connectivity index (χ3v) is 6.45. The molecule has 176 valence electrons. The van der Waals surface area contributed by atoms with Crippen LogP contribution in [0.15, 0.2) is 24.3 Å². The van der Waals surface area contributed by atoms with Crippen molar-refractivity contribution in [3.8, 4) is 5.75 Å². The number of fused-ring (bicyclic) bond motifs is 1. The van der Waals surface area contributed by atoms with E-state index in [4.69, 9.17) is 14.2 Å². The Kier molecular flexibility index (Phi) is 7.49. The number of aliphatic hydroxyl groups is 1. The molecule has 2 aliphatic heterocycles. The van der Waals surface area contributed by atoms with Gasteiger partial charge in [0.2, 0.25) is 5.91 Å². The third-order valence-electron chi connectivity index (χ3n) is 6.45. The number of amides is 3. The Bertz CT molecular complexity index is 802. The van der Waals surface area contributed by atoms with Gasteiger partial charge < -0.3 is 34.9 Å². The Morgan fingerprint density at radius 3 is 2.81 bits per heavy atom. The smallest absolute Gasteiger partial charge is 0.322 e. The molecule has 1 aromatic rings. The van der Waals surface area contributed by atoms with Gasteiger partial charge in [0, 0.05) is 17.8 Å². The number of carbonyl (C=O) groups is 2. The van der Waals surface area contributed by atoms with Crippen molar-refractivity contribution in [2.75, 3.05) is 32.2 Å². The summed E-state index contributed by atoms with van der Waals surface area (Å²) in [5, 5.41) is 16.3. The number of hydrogen-bond acceptors (Lipinski definition) is 6. The summed E-state index contributed by atoms with van der Waals surface area (Å²) in [5.41, 5.74) is 0.612. The van der Waals surface area contributed by atoms with Crippen LogP contribution in [0.1, 0.15) is 38.5 Å². The normalized spacial score (nSPS) is 28.5. The molecule has 3 aliphatic rings. The number of anilines is 1. The van der Waals surface area contributed by atoms with E-state index in [0.29, 0.717) is 36.7 Å². The van der Waals surface area contributed by atoms with Gasteiger partial charge in [0.1, 0.15) is 11.9 Å². The molecule has 0 spiro atoms. The van der Waals surface area contributed by atoms with Crippen molar-refractivity contribution in [3.63, 3.8) is 0 Å². The quantitative estimate of drug-likeness (QED) is 0.636. The molecule has 1 aromatic carbocycles. The molecule has 3 fully saturated rings. The maximum absolute atomic E-state index is 13.2. The molecule has 0 bridgehead atoms. The fourth-order valence-electron chi connectivity index (χ4n) is 4.52. The van der Waals surface area contributed by atoms with Gasteiger partial charge in [-0.3, -0.25) is 4.79 Å². The molecule has 1 aliphatic carbocycles. The number of hydrogen-bond donors (Lipinski definition) is 3. The highest BCUT2D eigenvalue weighted by molar-refractivity contribution is 5.89. The summed E-state index contributed by atoms with van der Waals surface area (Å²) >= 11 is 0. The topological polar surface area (TPSA) is 109 Å². The first-order chi connectivity index (χ1) is 15.5. The number of aliphatic hydroxyl groups excluding tert-OH is 1. The number of ether oxygens (including phenoxy) is 3. The molecule has 4 atom stereocenters. The van der Waals surface area contributed by atoms with E-state index in [2.05, 4.69) is 10.6 Å². The van der Waals surface area contributed by atoms with Crippen molar-refractivity contribution in [1.82, 2.24) is 10.2 Å². The minimum Gasteiger partial charge on any atom is -0.497 e. The molecule has 0 unspecified atom stereocenters. The number of urea groups is 1. The summed E-state index contributed by atoms with van der Waals surface area (Å²) < 4.78 is 17.1. The standard InChI is InChI=1S/C23H33N3O6/c1-30-18-7-3-6-16(10-18)25-23(29)26-12-17(27)13-31-14-21-20(26)9-8-19(32-21)11-22(28)24-15-4-2-5-15/h3,6-7,10,15,17,19-21,27H,2,4-5,8-9,11-14H2,1H3,(H,24,28)(H,25,29)/t17-,19+,20-,21+/m1/s1. The van der Waals surface area contributed by atoms with Crippen LogP contribution in [0, 0.1) is 0 Å². The summed E-state index contributed by atoms with van der Waals surface area (Å²) in [6.45, 7) is 0.543. The van der Waals surface area contributed by atoms with Gasteiger partial charge >= 0.3 is 6.03 Å². The number of nitrogens with one attached hydrogen (secondary N) is 2. The van der Waals surface area contributed by atoms with Gasteiger partial charge in [-0.1, -0.05) is 6.07 Å². The van der Waals surface area contributed by atoms with Crippen molar-refractivity contribution >= 4 is 17.6 Å². The van der Waals surface area contributed by atoms with E-state index in [1.807, 2.05) is 0 Å². The van der Waals surface area contributed by atoms with Gasteiger partial charge in [0.25, 0.3) is 0 Å². The fourth-order valence-corrected chi connectivity index (χ4v) is 4.52. The van der Waals surface area contributed by atoms with Crippen molar-refractivity contribution in [3.05, 3.63) is 24.3 Å². The van der Waals surface area contributed by atoms with E-state index in [1.165, 1.54) is 6.42 Å². The van der Waals surface area contributed by atoms with Gasteiger partial charge in [-0.05, 0) is 44.2 Å². The maximum atomic E-state index is 13.2. The Balaban J connectivity index is 1.40. The van der Waals surface area contributed by atoms with Crippen molar-refractivity contribution in [2.24, 2.45) is 0 Å². The molecule has 0 radical (unpaired) electrons. The molecule has 9 nitrogen and oxygen atoms in total. The molecule has 2 heterocycles. The summed E-state index contributed by atoms with van der Waals surface area (Å²) in [4.78, 5) is 27.1. The summed E-state index contributed by atoms with van der Waals surface area (Å²) in [6.07, 6.45) is 3.60. The maximum Gasteiger partial charge on any atom is 0.322 e. The van der Waals surface area contributed by atoms with E-state index >= 15 is 0 Å². The molecular weight excluding hydrogens is 414 g/mol. The lowest BCUT2D eigenvalue weighted by Gasteiger charge is -2.44. The van der Waals surface area contributed by atoms with Crippen LogP contribution in [0.4, 0.5) is 10.5 Å². The Morgan fingerprint density at radius 1 is 1.22 bits per heavy atom. The van der Waals surface area contributed by atoms with E-state index < -0.39 is 6.10 Å². The van der Waals surface area contributed by atoms with Gasteiger partial charge in [-0.15, -0.1) is 0 Å². The summed E-state index contributed by atoms with van der Waals surface area (Å²) in [7, 11) is 1.57. The van der Waals surface area contributed by atoms with E-state index in [-0.39, 0.29) is 49.9 Å². The first kappa shape index (κ1) is 22.8. The van der Waals surface area contributed by atoms with Crippen LogP contribution in [0.25, 0.3) is 0 Å². The van der Waals surface area contributed by atoms with Crippen molar-refractivity contribution < 1.29 is 28.9 Å². The van der Waals surface area contributed by atoms with Crippen LogP contribution in [-0.4, -0.2) is 79.2 Å². The molecule has 4 rings (SSSR count). The number of benzene rings is 1. The molecular formula is C23H33N3O6. The lowest BCUT2D eigenvalue weighted by Crippen LogP contribution is -2.58. The number of β-amino-alcohol motifs (C(OH)–C–C–N with tert-alkyl or cyclic N) is 1. The number of nitrogens with zero attached hydrogens (tertiary/aromatic N) is 1.